The molecule has 0 unspecified atom stereocenters. The molecule has 0 atom stereocenters. The summed E-state index contributed by atoms with van der Waals surface area (Å²) in [5, 5.41) is 2.98. The Morgan fingerprint density at radius 3 is 2.36 bits per heavy atom. The van der Waals surface area contributed by atoms with Crippen molar-refractivity contribution in [3.8, 4) is 5.75 Å². The van der Waals surface area contributed by atoms with Crippen LogP contribution in [-0.2, 0) is 5.41 Å². The Labute approximate surface area is 150 Å². The van der Waals surface area contributed by atoms with Crippen LogP contribution in [0.3, 0.4) is 0 Å². The summed E-state index contributed by atoms with van der Waals surface area (Å²) in [6, 6.07) is 3.56. The van der Waals surface area contributed by atoms with Crippen LogP contribution in [0.4, 0.5) is 4.39 Å². The molecule has 1 fully saturated rings. The molecule has 140 valence electrons. The first-order valence-electron chi connectivity index (χ1n) is 9.06. The molecular formula is C20H31FN2O2. The van der Waals surface area contributed by atoms with Gasteiger partial charge in [-0.15, -0.1) is 0 Å². The molecule has 0 bridgehead atoms. The molecule has 4 nitrogen and oxygen atoms in total. The van der Waals surface area contributed by atoms with E-state index in [1.54, 1.807) is 7.11 Å². The van der Waals surface area contributed by atoms with Crippen LogP contribution in [0.1, 0.15) is 63.4 Å². The zero-order chi connectivity index (χ0) is 18.8. The summed E-state index contributed by atoms with van der Waals surface area (Å²) in [5.41, 5.74) is 0.552. The van der Waals surface area contributed by atoms with Gasteiger partial charge in [-0.3, -0.25) is 4.79 Å². The lowest BCUT2D eigenvalue weighted by Crippen LogP contribution is -2.46. The molecule has 1 N–H and O–H groups in total. The fraction of sp³-hybridized carbons (Fsp3) is 0.650. The Bertz CT molecular complexity index is 615. The van der Waals surface area contributed by atoms with Gasteiger partial charge in [-0.05, 0) is 44.2 Å². The number of nitrogens with one attached hydrogen (secondary N) is 1. The van der Waals surface area contributed by atoms with Crippen molar-refractivity contribution < 1.29 is 13.9 Å². The maximum atomic E-state index is 14.5. The molecule has 0 aliphatic carbocycles. The van der Waals surface area contributed by atoms with Crippen LogP contribution in [0.25, 0.3) is 0 Å². The van der Waals surface area contributed by atoms with Crippen LogP contribution >= 0.6 is 0 Å². The Kier molecular flexibility index (Phi) is 6.09. The molecule has 25 heavy (non-hydrogen) atoms. The standard InChI is InChI=1S/C20H31FN2O2/c1-13(2)23-9-7-14(8-10-23)22-19(24)15-11-18(25-6)16(12-17(15)21)20(3,4)5/h11-14H,7-10H2,1-6H3,(H,22,24). The molecule has 1 aromatic rings. The van der Waals surface area contributed by atoms with E-state index in [9.17, 15) is 9.18 Å². The van der Waals surface area contributed by atoms with Crippen LogP contribution in [-0.4, -0.2) is 43.1 Å². The van der Waals surface area contributed by atoms with Gasteiger partial charge in [0, 0.05) is 30.7 Å². The third kappa shape index (κ3) is 4.72. The molecular weight excluding hydrogens is 319 g/mol. The lowest BCUT2D eigenvalue weighted by molar-refractivity contribution is 0.0896. The van der Waals surface area contributed by atoms with Gasteiger partial charge in [0.15, 0.2) is 0 Å². The van der Waals surface area contributed by atoms with Crippen LogP contribution in [0, 0.1) is 5.82 Å². The monoisotopic (exact) mass is 350 g/mol. The Balaban J connectivity index is 2.12. The number of benzene rings is 1. The van der Waals surface area contributed by atoms with E-state index in [4.69, 9.17) is 4.74 Å². The van der Waals surface area contributed by atoms with Gasteiger partial charge in [0.1, 0.15) is 11.6 Å². The largest absolute Gasteiger partial charge is 0.496 e. The number of amides is 1. The summed E-state index contributed by atoms with van der Waals surface area (Å²) < 4.78 is 19.9. The molecule has 1 aliphatic heterocycles. The van der Waals surface area contributed by atoms with Crippen molar-refractivity contribution >= 4 is 5.91 Å². The summed E-state index contributed by atoms with van der Waals surface area (Å²) >= 11 is 0. The number of nitrogens with zero attached hydrogens (tertiary/aromatic N) is 1. The van der Waals surface area contributed by atoms with Crippen molar-refractivity contribution in [1.82, 2.24) is 10.2 Å². The minimum Gasteiger partial charge on any atom is -0.496 e. The second-order valence-corrected chi connectivity index (χ2v) is 8.16. The minimum atomic E-state index is -0.497. The van der Waals surface area contributed by atoms with E-state index in [0.717, 1.165) is 31.5 Å². The van der Waals surface area contributed by atoms with E-state index in [2.05, 4.69) is 24.1 Å². The van der Waals surface area contributed by atoms with Gasteiger partial charge in [-0.2, -0.15) is 0 Å². The van der Waals surface area contributed by atoms with Crippen LogP contribution in [0.2, 0.25) is 0 Å². The molecule has 1 amide bonds. The first kappa shape index (κ1) is 19.7. The topological polar surface area (TPSA) is 41.6 Å². The summed E-state index contributed by atoms with van der Waals surface area (Å²) in [5.74, 6) is -0.309. The second kappa shape index (κ2) is 7.73. The molecule has 1 aliphatic rings. The molecule has 5 heteroatoms. The SMILES string of the molecule is COc1cc(C(=O)NC2CCN(C(C)C)CC2)c(F)cc1C(C)(C)C. The Morgan fingerprint density at radius 2 is 1.88 bits per heavy atom. The van der Waals surface area contributed by atoms with Crippen molar-refractivity contribution in [3.63, 3.8) is 0 Å². The van der Waals surface area contributed by atoms with E-state index in [-0.39, 0.29) is 22.9 Å². The van der Waals surface area contributed by atoms with Gasteiger partial charge < -0.3 is 15.0 Å². The second-order valence-electron chi connectivity index (χ2n) is 8.16. The molecule has 1 saturated heterocycles. The fourth-order valence-corrected chi connectivity index (χ4v) is 3.31. The van der Waals surface area contributed by atoms with Gasteiger partial charge in [0.2, 0.25) is 0 Å². The Morgan fingerprint density at radius 1 is 1.28 bits per heavy atom. The number of rotatable bonds is 4. The van der Waals surface area contributed by atoms with Crippen molar-refractivity contribution in [3.05, 3.63) is 29.1 Å². The van der Waals surface area contributed by atoms with Crippen LogP contribution < -0.4 is 10.1 Å². The van der Waals surface area contributed by atoms with E-state index in [0.29, 0.717) is 11.8 Å². The zero-order valence-electron chi connectivity index (χ0n) is 16.3. The van der Waals surface area contributed by atoms with E-state index < -0.39 is 5.82 Å². The average molecular weight is 350 g/mol. The summed E-state index contributed by atoms with van der Waals surface area (Å²) in [6.45, 7) is 12.2. The number of ether oxygens (including phenoxy) is 1. The maximum Gasteiger partial charge on any atom is 0.254 e. The lowest BCUT2D eigenvalue weighted by Gasteiger charge is -2.34. The number of piperidine rings is 1. The normalized spacial score (nSPS) is 17.0. The average Bonchev–Trinajstić information content (AvgIpc) is 2.54. The highest BCUT2D eigenvalue weighted by molar-refractivity contribution is 5.95. The molecule has 2 rings (SSSR count). The predicted molar refractivity (Wildman–Crippen MR) is 98.8 cm³/mol. The highest BCUT2D eigenvalue weighted by Gasteiger charge is 2.26. The number of likely N-dealkylation sites (tertiary alicyclic amines) is 1. The first-order chi connectivity index (χ1) is 11.6. The third-order valence-corrected chi connectivity index (χ3v) is 4.94. The van der Waals surface area contributed by atoms with Gasteiger partial charge in [-0.25, -0.2) is 4.39 Å². The van der Waals surface area contributed by atoms with E-state index in [1.165, 1.54) is 12.1 Å². The van der Waals surface area contributed by atoms with Crippen molar-refractivity contribution in [2.45, 2.75) is 65.0 Å². The zero-order valence-corrected chi connectivity index (χ0v) is 16.3. The van der Waals surface area contributed by atoms with Gasteiger partial charge >= 0.3 is 0 Å². The first-order valence-corrected chi connectivity index (χ1v) is 9.06. The van der Waals surface area contributed by atoms with Crippen molar-refractivity contribution in [2.24, 2.45) is 0 Å². The molecule has 0 spiro atoms. The van der Waals surface area contributed by atoms with Crippen LogP contribution in [0.15, 0.2) is 12.1 Å². The number of methoxy groups -OCH3 is 1. The minimum absolute atomic E-state index is 0.0520. The lowest BCUT2D eigenvalue weighted by atomic mass is 9.85. The molecule has 0 radical (unpaired) electrons. The smallest absolute Gasteiger partial charge is 0.254 e. The number of halogens is 1. The summed E-state index contributed by atoms with van der Waals surface area (Å²) in [7, 11) is 1.55. The van der Waals surface area contributed by atoms with Gasteiger partial charge in [0.05, 0.1) is 12.7 Å². The van der Waals surface area contributed by atoms with Gasteiger partial charge in [0.25, 0.3) is 5.91 Å². The van der Waals surface area contributed by atoms with Crippen molar-refractivity contribution in [2.75, 3.05) is 20.2 Å². The summed E-state index contributed by atoms with van der Waals surface area (Å²) in [6.07, 6.45) is 1.78. The van der Waals surface area contributed by atoms with Gasteiger partial charge in [-0.1, -0.05) is 20.8 Å². The number of carbonyl (C=O) groups excluding carboxylic acids is 1. The number of carbonyl (C=O) groups is 1. The van der Waals surface area contributed by atoms with Crippen molar-refractivity contribution in [1.29, 1.82) is 0 Å². The summed E-state index contributed by atoms with van der Waals surface area (Å²) in [4.78, 5) is 15.0. The highest BCUT2D eigenvalue weighted by Crippen LogP contribution is 2.33. The fourth-order valence-electron chi connectivity index (χ4n) is 3.31. The molecule has 1 heterocycles. The number of hydrogen-bond donors (Lipinski definition) is 1. The molecule has 0 saturated carbocycles. The highest BCUT2D eigenvalue weighted by atomic mass is 19.1. The molecule has 1 aromatic carbocycles. The van der Waals surface area contributed by atoms with E-state index in [1.807, 2.05) is 20.8 Å². The van der Waals surface area contributed by atoms with E-state index >= 15 is 0 Å². The Hall–Kier alpha value is -1.62. The third-order valence-electron chi connectivity index (χ3n) is 4.94. The number of hydrogen-bond acceptors (Lipinski definition) is 3. The van der Waals surface area contributed by atoms with Crippen LogP contribution in [0.5, 0.6) is 5.75 Å². The maximum absolute atomic E-state index is 14.5. The quantitative estimate of drug-likeness (QED) is 0.899. The molecule has 0 aromatic heterocycles. The predicted octanol–water partition coefficient (Wildman–Crippen LogP) is 3.73.